The van der Waals surface area contributed by atoms with Crippen LogP contribution in [0.4, 0.5) is 0 Å². The zero-order valence-corrected chi connectivity index (χ0v) is 17.7. The second kappa shape index (κ2) is 13.8. The minimum Gasteiger partial charge on any atom is -0.480 e. The van der Waals surface area contributed by atoms with Crippen molar-refractivity contribution >= 4 is 41.4 Å². The van der Waals surface area contributed by atoms with Crippen molar-refractivity contribution in [2.24, 2.45) is 17.4 Å². The van der Waals surface area contributed by atoms with Crippen molar-refractivity contribution in [2.45, 2.75) is 51.2 Å². The highest BCUT2D eigenvalue weighted by Crippen LogP contribution is 2.10. The normalized spacial score (nSPS) is 14.8. The molecule has 0 bridgehead atoms. The molecule has 0 aromatic heterocycles. The van der Waals surface area contributed by atoms with Crippen molar-refractivity contribution in [2.75, 3.05) is 18.6 Å². The molecule has 4 amide bonds. The van der Waals surface area contributed by atoms with Crippen LogP contribution in [0.25, 0.3) is 0 Å². The summed E-state index contributed by atoms with van der Waals surface area (Å²) in [5.74, 6) is -3.62. The van der Waals surface area contributed by atoms with Crippen molar-refractivity contribution in [1.29, 1.82) is 0 Å². The Kier molecular flexibility index (Phi) is 12.7. The summed E-state index contributed by atoms with van der Waals surface area (Å²) in [6, 6.07) is -3.14. The lowest BCUT2D eigenvalue weighted by molar-refractivity contribution is -0.139. The molecule has 0 radical (unpaired) electrons. The first-order valence-electron chi connectivity index (χ1n) is 9.16. The molecule has 12 heteroatoms. The first-order chi connectivity index (χ1) is 13.5. The Bertz CT molecular complexity index is 603. The molecular weight excluding hydrogens is 402 g/mol. The molecule has 4 atom stereocenters. The van der Waals surface area contributed by atoms with Gasteiger partial charge >= 0.3 is 5.97 Å². The number of carboxylic acids is 1. The molecule has 0 aromatic rings. The zero-order valence-electron chi connectivity index (χ0n) is 16.9. The van der Waals surface area contributed by atoms with Gasteiger partial charge in [-0.3, -0.25) is 24.0 Å². The number of nitrogens with one attached hydrogen (secondary N) is 3. The van der Waals surface area contributed by atoms with Crippen LogP contribution in [0.5, 0.6) is 0 Å². The van der Waals surface area contributed by atoms with Crippen LogP contribution in [0.3, 0.4) is 0 Å². The summed E-state index contributed by atoms with van der Waals surface area (Å²) < 4.78 is 0. The maximum absolute atomic E-state index is 12.7. The molecule has 0 aliphatic heterocycles. The van der Waals surface area contributed by atoms with Crippen molar-refractivity contribution in [1.82, 2.24) is 16.0 Å². The van der Waals surface area contributed by atoms with Gasteiger partial charge in [-0.15, -0.1) is 0 Å². The van der Waals surface area contributed by atoms with E-state index in [4.69, 9.17) is 16.6 Å². The summed E-state index contributed by atoms with van der Waals surface area (Å²) >= 11 is 1.46. The second-order valence-corrected chi connectivity index (χ2v) is 7.59. The standard InChI is InChI=1S/C17H31N5O6S/c1-4-9(2)14(17(28)20-8-13(24)25)22-16(27)11(5-6-29-3)21-15(26)10(18)7-12(19)23/h9-11,14H,4-8,18H2,1-3H3,(H2,19,23)(H,20,28)(H,21,26)(H,22,27)(H,24,25). The third-order valence-corrected chi connectivity index (χ3v) is 4.85. The van der Waals surface area contributed by atoms with Crippen molar-refractivity contribution in [3.8, 4) is 0 Å². The maximum atomic E-state index is 12.7. The second-order valence-electron chi connectivity index (χ2n) is 6.60. The number of carboxylic acid groups (broad SMARTS) is 1. The number of carbonyl (C=O) groups excluding carboxylic acids is 4. The fourth-order valence-electron chi connectivity index (χ4n) is 2.32. The molecule has 0 saturated heterocycles. The Labute approximate surface area is 174 Å². The molecule has 0 spiro atoms. The number of thioether (sulfide) groups is 1. The molecule has 0 fully saturated rings. The molecule has 0 aliphatic carbocycles. The van der Waals surface area contributed by atoms with Crippen LogP contribution in [0.15, 0.2) is 0 Å². The summed E-state index contributed by atoms with van der Waals surface area (Å²) in [6.45, 7) is 2.99. The van der Waals surface area contributed by atoms with Crippen LogP contribution in [-0.2, 0) is 24.0 Å². The van der Waals surface area contributed by atoms with E-state index in [-0.39, 0.29) is 18.8 Å². The van der Waals surface area contributed by atoms with Crippen LogP contribution >= 0.6 is 11.8 Å². The fraction of sp³-hybridized carbons (Fsp3) is 0.706. The number of hydrogen-bond acceptors (Lipinski definition) is 7. The minimum atomic E-state index is -1.21. The fourth-order valence-corrected chi connectivity index (χ4v) is 2.79. The molecule has 4 unspecified atom stereocenters. The number of amides is 4. The third-order valence-electron chi connectivity index (χ3n) is 4.21. The Morgan fingerprint density at radius 3 is 2.17 bits per heavy atom. The molecule has 29 heavy (non-hydrogen) atoms. The highest BCUT2D eigenvalue weighted by molar-refractivity contribution is 7.98. The number of rotatable bonds is 14. The van der Waals surface area contributed by atoms with Crippen LogP contribution < -0.4 is 27.4 Å². The lowest BCUT2D eigenvalue weighted by Gasteiger charge is -2.26. The maximum Gasteiger partial charge on any atom is 0.322 e. The summed E-state index contributed by atoms with van der Waals surface area (Å²) in [4.78, 5) is 58.8. The Balaban J connectivity index is 5.25. The minimum absolute atomic E-state index is 0.270. The van der Waals surface area contributed by atoms with E-state index in [1.165, 1.54) is 11.8 Å². The van der Waals surface area contributed by atoms with Gasteiger partial charge in [-0.1, -0.05) is 20.3 Å². The lowest BCUT2D eigenvalue weighted by Crippen LogP contribution is -2.57. The average molecular weight is 434 g/mol. The predicted octanol–water partition coefficient (Wildman–Crippen LogP) is -1.84. The predicted molar refractivity (Wildman–Crippen MR) is 109 cm³/mol. The van der Waals surface area contributed by atoms with Gasteiger partial charge in [-0.2, -0.15) is 11.8 Å². The van der Waals surface area contributed by atoms with E-state index in [9.17, 15) is 24.0 Å². The topological polar surface area (TPSA) is 194 Å². The molecule has 0 saturated carbocycles. The molecule has 0 aromatic carbocycles. The van der Waals surface area contributed by atoms with Crippen LogP contribution in [-0.4, -0.2) is 71.4 Å². The summed E-state index contributed by atoms with van der Waals surface area (Å²) in [6.07, 6.45) is 2.29. The largest absolute Gasteiger partial charge is 0.480 e. The first kappa shape index (κ1) is 26.7. The first-order valence-corrected chi connectivity index (χ1v) is 10.6. The van der Waals surface area contributed by atoms with Crippen molar-refractivity contribution < 1.29 is 29.1 Å². The quantitative estimate of drug-likeness (QED) is 0.184. The van der Waals surface area contributed by atoms with E-state index in [1.807, 2.05) is 13.2 Å². The third kappa shape index (κ3) is 10.7. The number of carbonyl (C=O) groups is 5. The number of primary amides is 1. The van der Waals surface area contributed by atoms with Gasteiger partial charge in [0, 0.05) is 0 Å². The van der Waals surface area contributed by atoms with Gasteiger partial charge < -0.3 is 32.5 Å². The highest BCUT2D eigenvalue weighted by atomic mass is 32.2. The number of hydrogen-bond donors (Lipinski definition) is 6. The van der Waals surface area contributed by atoms with Gasteiger partial charge in [-0.05, 0) is 24.3 Å². The number of aliphatic carboxylic acids is 1. The Morgan fingerprint density at radius 1 is 1.07 bits per heavy atom. The van der Waals surface area contributed by atoms with Crippen LogP contribution in [0.1, 0.15) is 33.1 Å². The Morgan fingerprint density at radius 2 is 1.69 bits per heavy atom. The molecule has 0 aliphatic rings. The molecular formula is C17H31N5O6S. The van der Waals surface area contributed by atoms with Gasteiger partial charge in [0.15, 0.2) is 0 Å². The summed E-state index contributed by atoms with van der Waals surface area (Å²) in [7, 11) is 0. The van der Waals surface area contributed by atoms with E-state index < -0.39 is 54.3 Å². The highest BCUT2D eigenvalue weighted by Gasteiger charge is 2.30. The van der Waals surface area contributed by atoms with Crippen LogP contribution in [0, 0.1) is 5.92 Å². The molecule has 166 valence electrons. The van der Waals surface area contributed by atoms with Gasteiger partial charge in [0.25, 0.3) is 0 Å². The van der Waals surface area contributed by atoms with E-state index >= 15 is 0 Å². The van der Waals surface area contributed by atoms with E-state index in [2.05, 4.69) is 16.0 Å². The average Bonchev–Trinajstić information content (AvgIpc) is 2.65. The summed E-state index contributed by atoms with van der Waals surface area (Å²) in [5.41, 5.74) is 10.6. The van der Waals surface area contributed by atoms with Crippen molar-refractivity contribution in [3.63, 3.8) is 0 Å². The molecule has 0 heterocycles. The van der Waals surface area contributed by atoms with Gasteiger partial charge in [0.2, 0.25) is 23.6 Å². The van der Waals surface area contributed by atoms with E-state index in [1.54, 1.807) is 6.92 Å². The Hall–Kier alpha value is -2.34. The van der Waals surface area contributed by atoms with Crippen molar-refractivity contribution in [3.05, 3.63) is 0 Å². The lowest BCUT2D eigenvalue weighted by atomic mass is 9.97. The monoisotopic (exact) mass is 433 g/mol. The smallest absolute Gasteiger partial charge is 0.322 e. The van der Waals surface area contributed by atoms with Gasteiger partial charge in [0.1, 0.15) is 18.6 Å². The molecule has 11 nitrogen and oxygen atoms in total. The molecule has 0 rings (SSSR count). The van der Waals surface area contributed by atoms with E-state index in [0.717, 1.165) is 0 Å². The number of nitrogens with two attached hydrogens (primary N) is 2. The van der Waals surface area contributed by atoms with E-state index in [0.29, 0.717) is 12.2 Å². The van der Waals surface area contributed by atoms with Gasteiger partial charge in [-0.25, -0.2) is 0 Å². The zero-order chi connectivity index (χ0) is 22.6. The van der Waals surface area contributed by atoms with Crippen LogP contribution in [0.2, 0.25) is 0 Å². The SMILES string of the molecule is CCC(C)C(NC(=O)C(CCSC)NC(=O)C(N)CC(N)=O)C(=O)NCC(=O)O. The molecule has 8 N–H and O–H groups in total. The summed E-state index contributed by atoms with van der Waals surface area (Å²) in [5, 5.41) is 16.0. The van der Waals surface area contributed by atoms with Gasteiger partial charge in [0.05, 0.1) is 12.5 Å².